The number of nitrogens with zero attached hydrogens (tertiary/aromatic N) is 5. The number of anilines is 2. The fourth-order valence-corrected chi connectivity index (χ4v) is 7.39. The van der Waals surface area contributed by atoms with E-state index in [2.05, 4.69) is 15.5 Å². The second-order valence-electron chi connectivity index (χ2n) is 9.45. The fourth-order valence-electron chi connectivity index (χ4n) is 4.47. The Hall–Kier alpha value is -4.61. The number of carboxylic acid groups (broad SMARTS) is 1. The van der Waals surface area contributed by atoms with Gasteiger partial charge in [-0.05, 0) is 29.8 Å². The number of β-lactam (4-membered cyclic amide) rings is 1. The van der Waals surface area contributed by atoms with Crippen LogP contribution in [0.15, 0.2) is 75.5 Å². The van der Waals surface area contributed by atoms with Crippen LogP contribution in [0.25, 0.3) is 0 Å². The second kappa shape index (κ2) is 12.9. The molecule has 0 unspecified atom stereocenters. The molecule has 0 saturated carbocycles. The van der Waals surface area contributed by atoms with Crippen molar-refractivity contribution in [1.29, 1.82) is 0 Å². The van der Waals surface area contributed by atoms with Crippen LogP contribution >= 0.6 is 34.9 Å². The van der Waals surface area contributed by atoms with Crippen LogP contribution in [-0.2, 0) is 19.2 Å². The average Bonchev–Trinajstić information content (AvgIpc) is 3.46. The maximum atomic E-state index is 13.1. The summed E-state index contributed by atoms with van der Waals surface area (Å²) in [6.07, 6.45) is 3.43. The first-order valence-electron chi connectivity index (χ1n) is 12.9. The lowest BCUT2D eigenvalue weighted by molar-refractivity contribution is -0.679. The molecule has 3 amide bonds. The number of oxime groups is 1. The summed E-state index contributed by atoms with van der Waals surface area (Å²) in [5.74, 6) is -2.40. The van der Waals surface area contributed by atoms with E-state index in [1.165, 1.54) is 41.0 Å². The van der Waals surface area contributed by atoms with Crippen molar-refractivity contribution >= 4 is 75.1 Å². The molecule has 2 aromatic heterocycles. The quantitative estimate of drug-likeness (QED) is 0.0639. The summed E-state index contributed by atoms with van der Waals surface area (Å²) in [6.45, 7) is 0. The molecular formula is C27H26N8O6S3. The molecule has 1 fully saturated rings. The highest BCUT2D eigenvalue weighted by molar-refractivity contribution is 8.01. The minimum atomic E-state index is -1.47. The van der Waals surface area contributed by atoms with E-state index in [4.69, 9.17) is 16.3 Å². The maximum absolute atomic E-state index is 13.1. The monoisotopic (exact) mass is 654 g/mol. The number of benzene rings is 1. The maximum Gasteiger partial charge on any atom is 0.308 e. The number of hydrogen-bond acceptors (Lipinski definition) is 13. The molecule has 3 aromatic rings. The number of amides is 3. The molecule has 2 aliphatic rings. The van der Waals surface area contributed by atoms with Crippen LogP contribution in [0.1, 0.15) is 16.1 Å². The molecule has 0 spiro atoms. The van der Waals surface area contributed by atoms with Gasteiger partial charge in [-0.15, -0.1) is 39.9 Å². The lowest BCUT2D eigenvalue weighted by atomic mass is 10.0. The van der Waals surface area contributed by atoms with E-state index in [1.54, 1.807) is 60.5 Å². The molecule has 228 valence electrons. The lowest BCUT2D eigenvalue weighted by Crippen LogP contribution is -2.71. The largest absolute Gasteiger partial charge is 0.543 e. The number of carbonyl (C=O) groups excluding carboxylic acids is 4. The van der Waals surface area contributed by atoms with Gasteiger partial charge in [0.1, 0.15) is 24.2 Å². The van der Waals surface area contributed by atoms with Crippen molar-refractivity contribution in [3.05, 3.63) is 76.7 Å². The number of nitrogens with one attached hydrogen (secondary N) is 1. The Labute approximate surface area is 263 Å². The third kappa shape index (κ3) is 6.20. The molecule has 4 heterocycles. The number of carbonyl (C=O) groups is 4. The van der Waals surface area contributed by atoms with Gasteiger partial charge in [-0.3, -0.25) is 19.3 Å². The molecule has 44 heavy (non-hydrogen) atoms. The molecular weight excluding hydrogens is 629 g/mol. The molecule has 17 heteroatoms. The number of rotatable bonds is 10. The molecule has 0 aliphatic carbocycles. The molecule has 1 aromatic carbocycles. The summed E-state index contributed by atoms with van der Waals surface area (Å²) >= 11 is 3.82. The van der Waals surface area contributed by atoms with Gasteiger partial charge in [-0.1, -0.05) is 9.83 Å². The highest BCUT2D eigenvalue weighted by Crippen LogP contribution is 2.41. The molecule has 0 radical (unpaired) electrons. The van der Waals surface area contributed by atoms with Crippen LogP contribution in [-0.4, -0.2) is 76.4 Å². The third-order valence-electron chi connectivity index (χ3n) is 6.68. The van der Waals surface area contributed by atoms with Crippen LogP contribution in [0.2, 0.25) is 0 Å². The van der Waals surface area contributed by atoms with Gasteiger partial charge in [-0.25, -0.2) is 4.98 Å². The number of nitrogens with two attached hydrogens (primary N) is 2. The second-order valence-corrected chi connectivity index (χ2v) is 12.5. The van der Waals surface area contributed by atoms with E-state index in [-0.39, 0.29) is 33.9 Å². The summed E-state index contributed by atoms with van der Waals surface area (Å²) in [7, 11) is 2.90. The summed E-state index contributed by atoms with van der Waals surface area (Å²) in [5, 5.41) is 21.1. The first-order chi connectivity index (χ1) is 21.1. The van der Waals surface area contributed by atoms with Gasteiger partial charge in [0.25, 0.3) is 11.8 Å². The summed E-state index contributed by atoms with van der Waals surface area (Å²) in [5.41, 5.74) is 12.8. The molecule has 14 nitrogen and oxygen atoms in total. The van der Waals surface area contributed by atoms with Gasteiger partial charge in [0.2, 0.25) is 12.4 Å². The van der Waals surface area contributed by atoms with Crippen molar-refractivity contribution in [2.24, 2.45) is 5.16 Å². The van der Waals surface area contributed by atoms with Crippen LogP contribution in [0.3, 0.4) is 0 Å². The number of aromatic nitrogens is 2. The Bertz CT molecular complexity index is 1680. The van der Waals surface area contributed by atoms with Crippen molar-refractivity contribution in [2.75, 3.05) is 42.1 Å². The van der Waals surface area contributed by atoms with Crippen LogP contribution in [0.5, 0.6) is 0 Å². The summed E-state index contributed by atoms with van der Waals surface area (Å²) in [4.78, 5) is 61.7. The third-order valence-corrected chi connectivity index (χ3v) is 9.80. The average molecular weight is 655 g/mol. The zero-order valence-corrected chi connectivity index (χ0v) is 25.8. The topological polar surface area (TPSA) is 200 Å². The molecule has 2 aliphatic heterocycles. The predicted octanol–water partition coefficient (Wildman–Crippen LogP) is -0.450. The molecule has 0 bridgehead atoms. The van der Waals surface area contributed by atoms with Gasteiger partial charge in [0.05, 0.1) is 18.7 Å². The zero-order valence-electron chi connectivity index (χ0n) is 23.3. The Morgan fingerprint density at radius 2 is 1.93 bits per heavy atom. The number of hydrogen-bond donors (Lipinski definition) is 3. The standard InChI is InChI=1S/C27H26N8O6S3/c1-33(23(37)14-3-5-16(28)6-4-14)34-9-7-17(8-10-34)42-11-15-12-43-25-20(24(38)35(25)21(15)26(39)40)31-22(36)19(32-41-2)18-13-44-27(29)30-18/h3-10,13,20,25H,11-12H2,1-2H3,(H5-,28,29,30,31,36,37,39,40)/b32-19-/t20-,25-/m1/s1. The minimum absolute atomic E-state index is 0.162. The lowest BCUT2D eigenvalue weighted by Gasteiger charge is -2.50. The molecule has 5 rings (SSSR count). The number of pyridine rings is 1. The van der Waals surface area contributed by atoms with Crippen molar-refractivity contribution in [2.45, 2.75) is 16.3 Å². The van der Waals surface area contributed by atoms with E-state index in [1.807, 2.05) is 0 Å². The van der Waals surface area contributed by atoms with E-state index in [0.29, 0.717) is 22.6 Å². The SMILES string of the molecule is CO/N=C(\C(=O)N[C@@H]1C(=O)N2C(C(=O)[O-])=C(CSc3cc[n+](N(C)C(=O)c4ccc(N)cc4)cc3)CS[C@H]12)c1csc(N)n1. The molecule has 2 atom stereocenters. The first kappa shape index (κ1) is 30.8. The van der Waals surface area contributed by atoms with Crippen molar-refractivity contribution in [3.8, 4) is 0 Å². The Morgan fingerprint density at radius 1 is 1.23 bits per heavy atom. The number of nitrogen functional groups attached to an aromatic ring is 2. The Kier molecular flexibility index (Phi) is 9.07. The van der Waals surface area contributed by atoms with Crippen LogP contribution in [0, 0.1) is 0 Å². The summed E-state index contributed by atoms with van der Waals surface area (Å²) in [6, 6.07) is 9.23. The summed E-state index contributed by atoms with van der Waals surface area (Å²) < 4.78 is 1.62. The Balaban J connectivity index is 1.23. The van der Waals surface area contributed by atoms with Crippen molar-refractivity contribution in [1.82, 2.24) is 15.2 Å². The number of carboxylic acids is 1. The van der Waals surface area contributed by atoms with E-state index < -0.39 is 29.2 Å². The van der Waals surface area contributed by atoms with Gasteiger partial charge in [0, 0.05) is 45.2 Å². The number of thioether (sulfide) groups is 2. The van der Waals surface area contributed by atoms with E-state index >= 15 is 0 Å². The normalized spacial score (nSPS) is 17.9. The number of aliphatic carboxylic acids is 1. The van der Waals surface area contributed by atoms with Gasteiger partial charge < -0.3 is 31.5 Å². The Morgan fingerprint density at radius 3 is 2.55 bits per heavy atom. The van der Waals surface area contributed by atoms with Crippen LogP contribution < -0.4 is 31.6 Å². The van der Waals surface area contributed by atoms with Gasteiger partial charge >= 0.3 is 5.91 Å². The van der Waals surface area contributed by atoms with Gasteiger partial charge in [-0.2, -0.15) is 0 Å². The molecule has 5 N–H and O–H groups in total. The van der Waals surface area contributed by atoms with Crippen molar-refractivity contribution < 1.29 is 33.8 Å². The van der Waals surface area contributed by atoms with E-state index in [9.17, 15) is 24.3 Å². The smallest absolute Gasteiger partial charge is 0.308 e. The first-order valence-corrected chi connectivity index (χ1v) is 15.8. The zero-order chi connectivity index (χ0) is 31.5. The predicted molar refractivity (Wildman–Crippen MR) is 164 cm³/mol. The number of thiazole rings is 1. The number of fused-ring (bicyclic) bond motifs is 1. The molecule has 1 saturated heterocycles. The van der Waals surface area contributed by atoms with E-state index in [0.717, 1.165) is 21.1 Å². The van der Waals surface area contributed by atoms with Crippen molar-refractivity contribution in [3.63, 3.8) is 0 Å². The minimum Gasteiger partial charge on any atom is -0.543 e. The highest BCUT2D eigenvalue weighted by Gasteiger charge is 2.53. The fraction of sp³-hybridized carbons (Fsp3) is 0.222. The van der Waals surface area contributed by atoms with Crippen LogP contribution in [0.4, 0.5) is 10.8 Å². The van der Waals surface area contributed by atoms with Gasteiger partial charge in [0.15, 0.2) is 10.8 Å². The highest BCUT2D eigenvalue weighted by atomic mass is 32.2.